The van der Waals surface area contributed by atoms with Crippen LogP contribution in [0, 0.1) is 17.0 Å². The Hall–Kier alpha value is -1.43. The molecular formula is C11H17N2O5P. The van der Waals surface area contributed by atoms with E-state index in [1.807, 2.05) is 6.92 Å². The van der Waals surface area contributed by atoms with E-state index in [9.17, 15) is 19.6 Å². The molecule has 2 N–H and O–H groups in total. The molecule has 1 aromatic rings. The molecule has 0 amide bonds. The Morgan fingerprint density at radius 1 is 1.58 bits per heavy atom. The van der Waals surface area contributed by atoms with E-state index in [1.54, 1.807) is 13.8 Å². The fourth-order valence-electron chi connectivity index (χ4n) is 1.37. The highest BCUT2D eigenvalue weighted by Crippen LogP contribution is 2.43. The zero-order chi connectivity index (χ0) is 14.6. The first kappa shape index (κ1) is 15.6. The number of benzene rings is 1. The molecule has 0 aliphatic rings. The predicted molar refractivity (Wildman–Crippen MR) is 71.2 cm³/mol. The minimum absolute atomic E-state index is 0.216. The highest BCUT2D eigenvalue weighted by Gasteiger charge is 2.27. The minimum atomic E-state index is -4.13. The van der Waals surface area contributed by atoms with Gasteiger partial charge in [-0.15, -0.1) is 0 Å². The van der Waals surface area contributed by atoms with Crippen molar-refractivity contribution in [2.45, 2.75) is 33.2 Å². The maximum Gasteiger partial charge on any atom is 0.456 e. The second kappa shape index (κ2) is 6.14. The van der Waals surface area contributed by atoms with Crippen molar-refractivity contribution in [3.8, 4) is 5.75 Å². The summed E-state index contributed by atoms with van der Waals surface area (Å²) in [6.07, 6.45) is 0.629. The van der Waals surface area contributed by atoms with Crippen LogP contribution >= 0.6 is 7.75 Å². The number of aryl methyl sites for hydroxylation is 1. The van der Waals surface area contributed by atoms with E-state index < -0.39 is 12.7 Å². The highest BCUT2D eigenvalue weighted by molar-refractivity contribution is 7.51. The van der Waals surface area contributed by atoms with Crippen LogP contribution in [0.3, 0.4) is 0 Å². The smallest absolute Gasteiger partial charge is 0.406 e. The molecule has 0 radical (unpaired) electrons. The van der Waals surface area contributed by atoms with Crippen LogP contribution in [-0.2, 0) is 4.57 Å². The second-order valence-corrected chi connectivity index (χ2v) is 5.76. The summed E-state index contributed by atoms with van der Waals surface area (Å²) in [5, 5.41) is 13.2. The summed E-state index contributed by atoms with van der Waals surface area (Å²) in [6.45, 7) is 5.27. The van der Waals surface area contributed by atoms with Gasteiger partial charge in [0.2, 0.25) is 5.75 Å². The van der Waals surface area contributed by atoms with Crippen LogP contribution in [0.4, 0.5) is 5.69 Å². The first-order valence-corrected chi connectivity index (χ1v) is 7.38. The van der Waals surface area contributed by atoms with E-state index in [4.69, 9.17) is 4.52 Å². The second-order valence-electron chi connectivity index (χ2n) is 4.28. The third-order valence-corrected chi connectivity index (χ3v) is 3.74. The number of hydrogen-bond acceptors (Lipinski definition) is 4. The summed E-state index contributed by atoms with van der Waals surface area (Å²) in [7, 11) is -4.13. The van der Waals surface area contributed by atoms with Gasteiger partial charge < -0.3 is 9.42 Å². The topological polar surface area (TPSA) is 102 Å². The summed E-state index contributed by atoms with van der Waals surface area (Å²) >= 11 is 0. The van der Waals surface area contributed by atoms with Crippen LogP contribution in [-0.4, -0.2) is 15.9 Å². The maximum atomic E-state index is 11.8. The van der Waals surface area contributed by atoms with Gasteiger partial charge in [-0.2, -0.15) is 0 Å². The highest BCUT2D eigenvalue weighted by atomic mass is 31.2. The van der Waals surface area contributed by atoms with Gasteiger partial charge in [0.05, 0.1) is 4.92 Å². The normalized spacial score (nSPS) is 15.6. The molecule has 7 nitrogen and oxygen atoms in total. The summed E-state index contributed by atoms with van der Waals surface area (Å²) < 4.78 is 16.7. The molecule has 0 aliphatic heterocycles. The predicted octanol–water partition coefficient (Wildman–Crippen LogP) is 2.77. The Kier molecular flexibility index (Phi) is 5.05. The molecule has 1 aromatic carbocycles. The summed E-state index contributed by atoms with van der Waals surface area (Å²) in [4.78, 5) is 19.8. The van der Waals surface area contributed by atoms with E-state index in [2.05, 4.69) is 5.09 Å². The van der Waals surface area contributed by atoms with Gasteiger partial charge >= 0.3 is 13.4 Å². The molecule has 0 fully saturated rings. The van der Waals surface area contributed by atoms with Gasteiger partial charge in [-0.1, -0.05) is 13.0 Å². The van der Waals surface area contributed by atoms with Gasteiger partial charge in [0.25, 0.3) is 0 Å². The molecule has 0 bridgehead atoms. The number of hydrogen-bond donors (Lipinski definition) is 2. The number of nitro groups is 1. The van der Waals surface area contributed by atoms with E-state index in [1.165, 1.54) is 18.2 Å². The third kappa shape index (κ3) is 4.63. The molecule has 19 heavy (non-hydrogen) atoms. The Bertz CT molecular complexity index is 520. The van der Waals surface area contributed by atoms with Gasteiger partial charge in [0.15, 0.2) is 0 Å². The third-order valence-electron chi connectivity index (χ3n) is 2.53. The lowest BCUT2D eigenvalue weighted by Gasteiger charge is -2.18. The van der Waals surface area contributed by atoms with Crippen LogP contribution in [0.25, 0.3) is 0 Å². The maximum absolute atomic E-state index is 11.8. The van der Waals surface area contributed by atoms with Crippen LogP contribution in [0.5, 0.6) is 5.75 Å². The van der Waals surface area contributed by atoms with Crippen LogP contribution in [0.1, 0.15) is 25.8 Å². The van der Waals surface area contributed by atoms with Crippen molar-refractivity contribution in [1.29, 1.82) is 0 Å². The van der Waals surface area contributed by atoms with E-state index in [0.29, 0.717) is 12.0 Å². The molecule has 0 heterocycles. The van der Waals surface area contributed by atoms with E-state index >= 15 is 0 Å². The van der Waals surface area contributed by atoms with Crippen molar-refractivity contribution >= 4 is 13.4 Å². The van der Waals surface area contributed by atoms with Crippen LogP contribution in [0.2, 0.25) is 0 Å². The summed E-state index contributed by atoms with van der Waals surface area (Å²) in [5.41, 5.74) is 0.356. The Labute approximate surface area is 111 Å². The van der Waals surface area contributed by atoms with Gasteiger partial charge in [-0.3, -0.25) is 10.1 Å². The Balaban J connectivity index is 3.01. The first-order chi connectivity index (χ1) is 8.75. The molecule has 0 saturated heterocycles. The number of nitrogens with zero attached hydrogens (tertiary/aromatic N) is 1. The molecule has 2 unspecified atom stereocenters. The van der Waals surface area contributed by atoms with Crippen LogP contribution < -0.4 is 9.61 Å². The average Bonchev–Trinajstić information content (AvgIpc) is 2.27. The van der Waals surface area contributed by atoms with Crippen molar-refractivity contribution in [3.05, 3.63) is 33.9 Å². The monoisotopic (exact) mass is 288 g/mol. The molecule has 0 saturated carbocycles. The van der Waals surface area contributed by atoms with E-state index in [-0.39, 0.29) is 17.5 Å². The lowest BCUT2D eigenvalue weighted by molar-refractivity contribution is -0.385. The molecule has 8 heteroatoms. The standard InChI is InChI=1S/C11H17N2O5P/c1-4-9(3)12-19(16,17)18-11-7-8(2)5-6-10(11)13(14)15/h5-7,9H,4H2,1-3H3,(H2,12,16,17). The van der Waals surface area contributed by atoms with Crippen molar-refractivity contribution < 1.29 is 18.9 Å². The molecular weight excluding hydrogens is 271 g/mol. The SMILES string of the molecule is CCC(C)NP(=O)(O)Oc1cc(C)ccc1[N+](=O)[O-]. The van der Waals surface area contributed by atoms with Crippen molar-refractivity contribution in [2.24, 2.45) is 0 Å². The number of nitrogens with one attached hydrogen (secondary N) is 1. The molecule has 0 aromatic heterocycles. The molecule has 0 aliphatic carbocycles. The fourth-order valence-corrected chi connectivity index (χ4v) is 2.58. The minimum Gasteiger partial charge on any atom is -0.406 e. The van der Waals surface area contributed by atoms with Crippen molar-refractivity contribution in [3.63, 3.8) is 0 Å². The van der Waals surface area contributed by atoms with Gasteiger partial charge in [-0.25, -0.2) is 9.65 Å². The lowest BCUT2D eigenvalue weighted by Crippen LogP contribution is -2.24. The summed E-state index contributed by atoms with van der Waals surface area (Å²) in [5.74, 6) is -0.216. The molecule has 0 spiro atoms. The van der Waals surface area contributed by atoms with Crippen molar-refractivity contribution in [1.82, 2.24) is 5.09 Å². The molecule has 2 atom stereocenters. The first-order valence-electron chi connectivity index (χ1n) is 5.80. The van der Waals surface area contributed by atoms with E-state index in [0.717, 1.165) is 0 Å². The van der Waals surface area contributed by atoms with Crippen LogP contribution in [0.15, 0.2) is 18.2 Å². The summed E-state index contributed by atoms with van der Waals surface area (Å²) in [6, 6.07) is 3.91. The quantitative estimate of drug-likeness (QED) is 0.474. The largest absolute Gasteiger partial charge is 0.456 e. The fraction of sp³-hybridized carbons (Fsp3) is 0.455. The van der Waals surface area contributed by atoms with Gasteiger partial charge in [0, 0.05) is 12.1 Å². The average molecular weight is 288 g/mol. The zero-order valence-electron chi connectivity index (χ0n) is 11.0. The Morgan fingerprint density at radius 3 is 2.74 bits per heavy atom. The van der Waals surface area contributed by atoms with Gasteiger partial charge in [-0.05, 0) is 31.9 Å². The number of rotatable bonds is 6. The zero-order valence-corrected chi connectivity index (χ0v) is 11.9. The number of nitro benzene ring substituents is 1. The Morgan fingerprint density at radius 2 is 2.21 bits per heavy atom. The molecule has 1 rings (SSSR count). The molecule has 106 valence electrons. The van der Waals surface area contributed by atoms with Crippen molar-refractivity contribution in [2.75, 3.05) is 0 Å². The van der Waals surface area contributed by atoms with Gasteiger partial charge in [0.1, 0.15) is 0 Å². The lowest BCUT2D eigenvalue weighted by atomic mass is 10.2.